The van der Waals surface area contributed by atoms with Crippen molar-refractivity contribution in [2.24, 2.45) is 5.92 Å². The van der Waals surface area contributed by atoms with E-state index in [9.17, 15) is 24.3 Å². The number of rotatable bonds is 9. The number of morpholine rings is 1. The standard InChI is InChI=1S/C19H30N2O6/c22-11-8-16(19(25)26)21(14-15-4-2-1-3-5-15)18(24)7-6-17(23)20-9-12-27-13-10-20/h11,15-16H,1-10,12-14H2,(H,25,26). The largest absolute Gasteiger partial charge is 0.480 e. The van der Waals surface area contributed by atoms with Crippen LogP contribution in [0.5, 0.6) is 0 Å². The average Bonchev–Trinajstić information content (AvgIpc) is 2.69. The lowest BCUT2D eigenvalue weighted by Crippen LogP contribution is -2.48. The van der Waals surface area contributed by atoms with E-state index in [0.717, 1.165) is 32.1 Å². The lowest BCUT2D eigenvalue weighted by atomic mass is 9.88. The highest BCUT2D eigenvalue weighted by molar-refractivity contribution is 5.88. The normalized spacial score (nSPS) is 19.3. The van der Waals surface area contributed by atoms with Crippen LogP contribution in [-0.2, 0) is 23.9 Å². The maximum Gasteiger partial charge on any atom is 0.326 e. The highest BCUT2D eigenvalue weighted by atomic mass is 16.5. The molecule has 8 heteroatoms. The van der Waals surface area contributed by atoms with Gasteiger partial charge in [0.1, 0.15) is 12.3 Å². The second-order valence-corrected chi connectivity index (χ2v) is 7.30. The average molecular weight is 382 g/mol. The first-order valence-corrected chi connectivity index (χ1v) is 9.84. The Bertz CT molecular complexity index is 526. The molecule has 2 aliphatic rings. The van der Waals surface area contributed by atoms with Gasteiger partial charge in [-0.3, -0.25) is 9.59 Å². The number of carbonyl (C=O) groups is 4. The van der Waals surface area contributed by atoms with E-state index in [4.69, 9.17) is 4.74 Å². The van der Waals surface area contributed by atoms with Gasteiger partial charge in [0.25, 0.3) is 0 Å². The van der Waals surface area contributed by atoms with Crippen molar-refractivity contribution >= 4 is 24.1 Å². The van der Waals surface area contributed by atoms with E-state index < -0.39 is 12.0 Å². The van der Waals surface area contributed by atoms with Crippen LogP contribution in [0.2, 0.25) is 0 Å². The molecule has 1 unspecified atom stereocenters. The molecule has 0 aromatic rings. The van der Waals surface area contributed by atoms with Crippen LogP contribution in [0.1, 0.15) is 51.4 Å². The van der Waals surface area contributed by atoms with E-state index in [1.54, 1.807) is 4.90 Å². The third-order valence-corrected chi connectivity index (χ3v) is 5.40. The van der Waals surface area contributed by atoms with Crippen LogP contribution in [0, 0.1) is 5.92 Å². The Hall–Kier alpha value is -1.96. The number of carboxylic acid groups (broad SMARTS) is 1. The van der Waals surface area contributed by atoms with Gasteiger partial charge in [0.2, 0.25) is 11.8 Å². The number of hydrogen-bond acceptors (Lipinski definition) is 5. The Labute approximate surface area is 159 Å². The first-order chi connectivity index (χ1) is 13.0. The molecular formula is C19H30N2O6. The molecule has 1 heterocycles. The van der Waals surface area contributed by atoms with Gasteiger partial charge in [-0.25, -0.2) is 4.79 Å². The molecule has 152 valence electrons. The second-order valence-electron chi connectivity index (χ2n) is 7.30. The van der Waals surface area contributed by atoms with Gasteiger partial charge in [0.05, 0.1) is 13.2 Å². The number of aldehydes is 1. The molecule has 1 saturated heterocycles. The fourth-order valence-corrected chi connectivity index (χ4v) is 3.83. The summed E-state index contributed by atoms with van der Waals surface area (Å²) in [6, 6.07) is -1.16. The Morgan fingerprint density at radius 1 is 1.11 bits per heavy atom. The van der Waals surface area contributed by atoms with Crippen molar-refractivity contribution in [1.82, 2.24) is 9.80 Å². The summed E-state index contributed by atoms with van der Waals surface area (Å²) in [5.41, 5.74) is 0. The van der Waals surface area contributed by atoms with Gasteiger partial charge in [-0.2, -0.15) is 0 Å². The van der Waals surface area contributed by atoms with Gasteiger partial charge in [0.15, 0.2) is 0 Å². The molecule has 27 heavy (non-hydrogen) atoms. The van der Waals surface area contributed by atoms with Crippen LogP contribution in [0.25, 0.3) is 0 Å². The van der Waals surface area contributed by atoms with Crippen molar-refractivity contribution in [3.05, 3.63) is 0 Å². The van der Waals surface area contributed by atoms with Crippen molar-refractivity contribution < 1.29 is 29.0 Å². The molecule has 1 aliphatic carbocycles. The molecule has 2 rings (SSSR count). The molecule has 2 fully saturated rings. The van der Waals surface area contributed by atoms with Crippen LogP contribution in [0.15, 0.2) is 0 Å². The Balaban J connectivity index is 1.98. The summed E-state index contributed by atoms with van der Waals surface area (Å²) in [4.78, 5) is 50.6. The van der Waals surface area contributed by atoms with Crippen LogP contribution >= 0.6 is 0 Å². The molecule has 0 bridgehead atoms. The fourth-order valence-electron chi connectivity index (χ4n) is 3.83. The SMILES string of the molecule is O=CCC(C(=O)O)N(CC1CCCCC1)C(=O)CCC(=O)N1CCOCC1. The zero-order chi connectivity index (χ0) is 19.6. The summed E-state index contributed by atoms with van der Waals surface area (Å²) in [6.07, 6.45) is 5.56. The van der Waals surface area contributed by atoms with Crippen LogP contribution in [0.3, 0.4) is 0 Å². The molecule has 1 saturated carbocycles. The van der Waals surface area contributed by atoms with E-state index in [-0.39, 0.29) is 37.0 Å². The predicted octanol–water partition coefficient (Wildman–Crippen LogP) is 1.08. The van der Waals surface area contributed by atoms with Gasteiger partial charge in [-0.15, -0.1) is 0 Å². The molecule has 1 N–H and O–H groups in total. The van der Waals surface area contributed by atoms with Gasteiger partial charge < -0.3 is 24.4 Å². The summed E-state index contributed by atoms with van der Waals surface area (Å²) < 4.78 is 5.22. The van der Waals surface area contributed by atoms with Gasteiger partial charge in [-0.1, -0.05) is 19.3 Å². The van der Waals surface area contributed by atoms with E-state index in [1.807, 2.05) is 0 Å². The van der Waals surface area contributed by atoms with Crippen LogP contribution in [0.4, 0.5) is 0 Å². The zero-order valence-electron chi connectivity index (χ0n) is 15.8. The topological polar surface area (TPSA) is 104 Å². The third-order valence-electron chi connectivity index (χ3n) is 5.40. The van der Waals surface area contributed by atoms with E-state index in [2.05, 4.69) is 0 Å². The fraction of sp³-hybridized carbons (Fsp3) is 0.789. The van der Waals surface area contributed by atoms with Crippen molar-refractivity contribution in [2.45, 2.75) is 57.4 Å². The Kier molecular flexibility index (Phi) is 8.71. The van der Waals surface area contributed by atoms with Crippen LogP contribution in [-0.4, -0.2) is 77.9 Å². The summed E-state index contributed by atoms with van der Waals surface area (Å²) >= 11 is 0. The second kappa shape index (κ2) is 11.0. The Morgan fingerprint density at radius 3 is 2.37 bits per heavy atom. The lowest BCUT2D eigenvalue weighted by molar-refractivity contribution is -0.152. The molecule has 0 spiro atoms. The molecule has 8 nitrogen and oxygen atoms in total. The molecule has 1 atom stereocenters. The van der Waals surface area contributed by atoms with Gasteiger partial charge >= 0.3 is 5.97 Å². The predicted molar refractivity (Wildman–Crippen MR) is 97.0 cm³/mol. The number of ether oxygens (including phenoxy) is 1. The lowest BCUT2D eigenvalue weighted by Gasteiger charge is -2.33. The number of hydrogen-bond donors (Lipinski definition) is 1. The molecule has 2 amide bonds. The molecular weight excluding hydrogens is 352 g/mol. The van der Waals surface area contributed by atoms with Crippen molar-refractivity contribution in [3.63, 3.8) is 0 Å². The van der Waals surface area contributed by atoms with E-state index >= 15 is 0 Å². The number of nitrogens with zero attached hydrogens (tertiary/aromatic N) is 2. The Morgan fingerprint density at radius 2 is 1.78 bits per heavy atom. The highest BCUT2D eigenvalue weighted by Crippen LogP contribution is 2.26. The van der Waals surface area contributed by atoms with Crippen molar-refractivity contribution in [1.29, 1.82) is 0 Å². The molecule has 0 aromatic heterocycles. The third kappa shape index (κ3) is 6.61. The minimum Gasteiger partial charge on any atom is -0.480 e. The molecule has 0 radical (unpaired) electrons. The van der Waals surface area contributed by atoms with Crippen molar-refractivity contribution in [3.8, 4) is 0 Å². The molecule has 0 aromatic carbocycles. The van der Waals surface area contributed by atoms with E-state index in [0.29, 0.717) is 39.1 Å². The summed E-state index contributed by atoms with van der Waals surface area (Å²) in [6.45, 7) is 2.36. The zero-order valence-corrected chi connectivity index (χ0v) is 15.8. The summed E-state index contributed by atoms with van der Waals surface area (Å²) in [5.74, 6) is -1.40. The number of carbonyl (C=O) groups excluding carboxylic acids is 3. The first kappa shape index (κ1) is 21.3. The summed E-state index contributed by atoms with van der Waals surface area (Å²) in [7, 11) is 0. The smallest absolute Gasteiger partial charge is 0.326 e. The first-order valence-electron chi connectivity index (χ1n) is 9.84. The number of amides is 2. The van der Waals surface area contributed by atoms with Gasteiger partial charge in [0, 0.05) is 38.9 Å². The molecule has 1 aliphatic heterocycles. The maximum atomic E-state index is 12.8. The number of aliphatic carboxylic acids is 1. The minimum absolute atomic E-state index is 0.0362. The highest BCUT2D eigenvalue weighted by Gasteiger charge is 2.32. The summed E-state index contributed by atoms with van der Waals surface area (Å²) in [5, 5.41) is 9.49. The van der Waals surface area contributed by atoms with Crippen molar-refractivity contribution in [2.75, 3.05) is 32.8 Å². The van der Waals surface area contributed by atoms with E-state index in [1.165, 1.54) is 4.90 Å². The monoisotopic (exact) mass is 382 g/mol. The number of carboxylic acids is 1. The quantitative estimate of drug-likeness (QED) is 0.598. The minimum atomic E-state index is -1.18. The van der Waals surface area contributed by atoms with Crippen LogP contribution < -0.4 is 0 Å². The van der Waals surface area contributed by atoms with Gasteiger partial charge in [-0.05, 0) is 18.8 Å². The maximum absolute atomic E-state index is 12.8.